The fourth-order valence-corrected chi connectivity index (χ4v) is 4.53. The molecular weight excluding hydrogens is 480 g/mol. The summed E-state index contributed by atoms with van der Waals surface area (Å²) in [6.45, 7) is -0.385. The first kappa shape index (κ1) is 23.2. The third kappa shape index (κ3) is 3.92. The van der Waals surface area contributed by atoms with Crippen LogP contribution in [-0.2, 0) is 9.47 Å². The molecule has 0 unspecified atom stereocenters. The van der Waals surface area contributed by atoms with Gasteiger partial charge in [0.15, 0.2) is 23.2 Å². The van der Waals surface area contributed by atoms with Gasteiger partial charge in [0.1, 0.15) is 17.8 Å². The number of fused-ring (bicyclic) bond motifs is 3. The number of carbonyl (C=O) groups is 2. The predicted octanol–water partition coefficient (Wildman–Crippen LogP) is 1.35. The van der Waals surface area contributed by atoms with Crippen molar-refractivity contribution in [3.05, 3.63) is 78.1 Å². The van der Waals surface area contributed by atoms with Gasteiger partial charge in [0, 0.05) is 11.1 Å². The third-order valence-electron chi connectivity index (χ3n) is 6.50. The Hall–Kier alpha value is -4.23. The van der Waals surface area contributed by atoms with E-state index in [-0.39, 0.29) is 29.5 Å². The Labute approximate surface area is 209 Å². The van der Waals surface area contributed by atoms with Crippen molar-refractivity contribution in [2.45, 2.75) is 24.0 Å². The number of ether oxygens (including phenoxy) is 2. The number of aliphatic hydroxyl groups is 2. The van der Waals surface area contributed by atoms with Gasteiger partial charge in [-0.3, -0.25) is 19.5 Å². The number of hydrogen-bond acceptors (Lipinski definition) is 9. The molecule has 0 spiro atoms. The summed E-state index contributed by atoms with van der Waals surface area (Å²) < 4.78 is 13.2. The molecule has 2 aromatic heterocycles. The molecule has 6 rings (SSSR count). The molecule has 37 heavy (non-hydrogen) atoms. The smallest absolute Gasteiger partial charge is 0.258 e. The molecule has 4 atom stereocenters. The zero-order chi connectivity index (χ0) is 25.6. The first-order valence-corrected chi connectivity index (χ1v) is 11.5. The molecule has 2 aromatic carbocycles. The van der Waals surface area contributed by atoms with E-state index in [1.54, 1.807) is 60.7 Å². The lowest BCUT2D eigenvalue weighted by molar-refractivity contribution is -0.185. The lowest BCUT2D eigenvalue weighted by atomic mass is 10.0. The quantitative estimate of drug-likeness (QED) is 0.305. The lowest BCUT2D eigenvalue weighted by Crippen LogP contribution is -2.44. The highest BCUT2D eigenvalue weighted by atomic mass is 16.7. The van der Waals surface area contributed by atoms with Crippen LogP contribution in [0.1, 0.15) is 26.9 Å². The van der Waals surface area contributed by atoms with E-state index in [9.17, 15) is 19.8 Å². The van der Waals surface area contributed by atoms with E-state index in [1.807, 2.05) is 0 Å². The molecule has 4 heterocycles. The fraction of sp³-hybridized carbons (Fsp3) is 0.240. The molecule has 188 valence electrons. The zero-order valence-electron chi connectivity index (χ0n) is 19.3. The molecule has 0 aliphatic carbocycles. The Kier molecular flexibility index (Phi) is 5.65. The van der Waals surface area contributed by atoms with Gasteiger partial charge in [0.2, 0.25) is 5.95 Å². The number of anilines is 2. The normalized spacial score (nSPS) is 24.3. The molecule has 2 aliphatic rings. The number of rotatable bonds is 6. The maximum atomic E-state index is 12.9. The van der Waals surface area contributed by atoms with E-state index in [0.717, 1.165) is 0 Å². The highest BCUT2D eigenvalue weighted by Crippen LogP contribution is 2.45. The van der Waals surface area contributed by atoms with Crippen molar-refractivity contribution in [1.29, 1.82) is 0 Å². The predicted molar refractivity (Wildman–Crippen MR) is 130 cm³/mol. The lowest BCUT2D eigenvalue weighted by Gasteiger charge is -2.29. The molecule has 4 aromatic rings. The number of aliphatic hydroxyl groups excluding tert-OH is 2. The average molecular weight is 502 g/mol. The van der Waals surface area contributed by atoms with E-state index in [0.29, 0.717) is 11.1 Å². The highest BCUT2D eigenvalue weighted by molar-refractivity contribution is 6.08. The van der Waals surface area contributed by atoms with Crippen LogP contribution in [0.5, 0.6) is 0 Å². The van der Waals surface area contributed by atoms with Gasteiger partial charge in [-0.25, -0.2) is 4.98 Å². The summed E-state index contributed by atoms with van der Waals surface area (Å²) in [4.78, 5) is 38.9. The van der Waals surface area contributed by atoms with E-state index in [4.69, 9.17) is 9.47 Å². The number of carbonyl (C=O) groups excluding carboxylic acids is 2. The minimum atomic E-state index is -1.26. The maximum Gasteiger partial charge on any atom is 0.258 e. The molecule has 2 fully saturated rings. The Morgan fingerprint density at radius 2 is 1.65 bits per heavy atom. The minimum absolute atomic E-state index is 0.0458. The molecule has 2 saturated heterocycles. The van der Waals surface area contributed by atoms with Crippen molar-refractivity contribution in [2.75, 3.05) is 23.8 Å². The van der Waals surface area contributed by atoms with Gasteiger partial charge < -0.3 is 25.0 Å². The van der Waals surface area contributed by atoms with E-state index in [2.05, 4.69) is 25.6 Å². The first-order valence-electron chi connectivity index (χ1n) is 11.5. The van der Waals surface area contributed by atoms with Crippen LogP contribution in [0.15, 0.2) is 67.0 Å². The largest absolute Gasteiger partial charge is 0.393 e. The van der Waals surface area contributed by atoms with Crippen molar-refractivity contribution in [2.24, 2.45) is 0 Å². The van der Waals surface area contributed by atoms with Gasteiger partial charge in [0.25, 0.3) is 11.8 Å². The molecule has 12 nitrogen and oxygen atoms in total. The van der Waals surface area contributed by atoms with Gasteiger partial charge in [-0.05, 0) is 24.3 Å². The number of imidazole rings is 1. The van der Waals surface area contributed by atoms with Crippen LogP contribution in [0, 0.1) is 0 Å². The topological polar surface area (TPSA) is 161 Å². The van der Waals surface area contributed by atoms with Crippen molar-refractivity contribution in [3.8, 4) is 0 Å². The molecule has 0 saturated carbocycles. The van der Waals surface area contributed by atoms with E-state index in [1.165, 1.54) is 10.9 Å². The molecule has 2 bridgehead atoms. The van der Waals surface area contributed by atoms with Crippen LogP contribution < -0.4 is 10.6 Å². The molecular formula is C25H22N6O6. The summed E-state index contributed by atoms with van der Waals surface area (Å²) in [6, 6.07) is 17.1. The van der Waals surface area contributed by atoms with Crippen LogP contribution >= 0.6 is 0 Å². The summed E-state index contributed by atoms with van der Waals surface area (Å²) >= 11 is 0. The van der Waals surface area contributed by atoms with Crippen LogP contribution in [0.25, 0.3) is 11.2 Å². The first-order chi connectivity index (χ1) is 18.0. The van der Waals surface area contributed by atoms with Crippen LogP contribution in [0.4, 0.5) is 11.8 Å². The summed E-state index contributed by atoms with van der Waals surface area (Å²) in [5.41, 5.74) is 0.00566. The summed E-state index contributed by atoms with van der Waals surface area (Å²) in [5.74, 6) is -0.874. The number of nitrogens with one attached hydrogen (secondary N) is 2. The van der Waals surface area contributed by atoms with Gasteiger partial charge >= 0.3 is 0 Å². The third-order valence-corrected chi connectivity index (χ3v) is 6.50. The number of amides is 2. The number of aromatic nitrogens is 4. The fourth-order valence-electron chi connectivity index (χ4n) is 4.53. The standard InChI is InChI=1S/C25H22N6O6/c32-11-25-12-36-17(18(25)33)23(37-25)31-13-26-16-19(27-21(34)14-7-3-1-4-8-14)28-24(29-20(16)31)30-22(35)15-9-5-2-6-10-15/h1-10,13,17-18,23,32-33H,11-12H2,(H2,27,28,29,30,34,35)/t17-,18+,23-,25+/m1/s1. The van der Waals surface area contributed by atoms with Crippen molar-refractivity contribution >= 4 is 34.7 Å². The molecule has 2 amide bonds. The van der Waals surface area contributed by atoms with E-state index < -0.39 is 42.5 Å². The Morgan fingerprint density at radius 3 is 2.27 bits per heavy atom. The van der Waals surface area contributed by atoms with Gasteiger partial charge in [-0.2, -0.15) is 9.97 Å². The number of benzene rings is 2. The molecule has 4 N–H and O–H groups in total. The van der Waals surface area contributed by atoms with Crippen molar-refractivity contribution in [3.63, 3.8) is 0 Å². The maximum absolute atomic E-state index is 12.9. The second-order valence-electron chi connectivity index (χ2n) is 8.81. The molecule has 12 heteroatoms. The Morgan fingerprint density at radius 1 is 1.00 bits per heavy atom. The van der Waals surface area contributed by atoms with Gasteiger partial charge in [-0.1, -0.05) is 36.4 Å². The number of hydrogen-bond donors (Lipinski definition) is 4. The van der Waals surface area contributed by atoms with Crippen LogP contribution in [0.3, 0.4) is 0 Å². The Bertz CT molecular complexity index is 1480. The summed E-state index contributed by atoms with van der Waals surface area (Å²) in [5, 5.41) is 25.9. The average Bonchev–Trinajstić information content (AvgIpc) is 3.59. The SMILES string of the molecule is O=C(Nc1nc(NC(=O)c2ccccc2)c2ncn([C@@H]3O[C@@]4(CO)CO[C@@H]3[C@@H]4O)c2n1)c1ccccc1. The Balaban J connectivity index is 1.40. The van der Waals surface area contributed by atoms with Crippen LogP contribution in [0.2, 0.25) is 0 Å². The monoisotopic (exact) mass is 502 g/mol. The summed E-state index contributed by atoms with van der Waals surface area (Å²) in [7, 11) is 0. The minimum Gasteiger partial charge on any atom is -0.393 e. The second kappa shape index (κ2) is 9.01. The molecule has 2 aliphatic heterocycles. The van der Waals surface area contributed by atoms with Crippen LogP contribution in [-0.4, -0.2) is 72.6 Å². The number of nitrogens with zero attached hydrogens (tertiary/aromatic N) is 4. The zero-order valence-corrected chi connectivity index (χ0v) is 19.3. The molecule has 0 radical (unpaired) electrons. The second-order valence-corrected chi connectivity index (χ2v) is 8.81. The van der Waals surface area contributed by atoms with Gasteiger partial charge in [0.05, 0.1) is 19.5 Å². The summed E-state index contributed by atoms with van der Waals surface area (Å²) in [6.07, 6.45) is -1.26. The van der Waals surface area contributed by atoms with Crippen molar-refractivity contribution < 1.29 is 29.3 Å². The van der Waals surface area contributed by atoms with Gasteiger partial charge in [-0.15, -0.1) is 0 Å². The van der Waals surface area contributed by atoms with E-state index >= 15 is 0 Å². The highest BCUT2D eigenvalue weighted by Gasteiger charge is 2.61. The van der Waals surface area contributed by atoms with Crippen molar-refractivity contribution in [1.82, 2.24) is 19.5 Å².